The molecule has 1 nitrogen and oxygen atoms in total. The quantitative estimate of drug-likeness (QED) is 0.733. The van der Waals surface area contributed by atoms with Gasteiger partial charge in [-0.2, -0.15) is 5.26 Å². The lowest BCUT2D eigenvalue weighted by Gasteiger charge is -2.16. The molecule has 0 aliphatic carbocycles. The first-order chi connectivity index (χ1) is 6.94. The van der Waals surface area contributed by atoms with Gasteiger partial charge in [0, 0.05) is 0 Å². The zero-order valence-corrected chi connectivity index (χ0v) is 9.05. The Bertz CT molecular complexity index is 396. The highest BCUT2D eigenvalue weighted by atomic mass is 19.1. The SMILES string of the molecule is C=C(CC(C)(C)C#N)c1ccc(F)cc1. The predicted molar refractivity (Wildman–Crippen MR) is 59.4 cm³/mol. The van der Waals surface area contributed by atoms with Gasteiger partial charge in [-0.25, -0.2) is 4.39 Å². The molecule has 0 aliphatic heterocycles. The Hall–Kier alpha value is -1.62. The summed E-state index contributed by atoms with van der Waals surface area (Å²) in [5.74, 6) is -0.258. The molecular weight excluding hydrogens is 189 g/mol. The molecule has 0 N–H and O–H groups in total. The molecule has 0 radical (unpaired) electrons. The summed E-state index contributed by atoms with van der Waals surface area (Å²) in [6, 6.07) is 8.40. The van der Waals surface area contributed by atoms with Crippen LogP contribution in [-0.2, 0) is 0 Å². The van der Waals surface area contributed by atoms with Crippen molar-refractivity contribution in [2.24, 2.45) is 5.41 Å². The second-order valence-corrected chi connectivity index (χ2v) is 4.28. The highest BCUT2D eigenvalue weighted by Gasteiger charge is 2.18. The fourth-order valence-corrected chi connectivity index (χ4v) is 1.36. The van der Waals surface area contributed by atoms with E-state index in [1.807, 2.05) is 13.8 Å². The van der Waals surface area contributed by atoms with Crippen LogP contribution in [-0.4, -0.2) is 0 Å². The molecule has 0 bridgehead atoms. The van der Waals surface area contributed by atoms with Crippen LogP contribution in [0, 0.1) is 22.6 Å². The van der Waals surface area contributed by atoms with Gasteiger partial charge in [0.05, 0.1) is 11.5 Å². The molecule has 2 heteroatoms. The molecule has 0 amide bonds. The Morgan fingerprint density at radius 2 is 1.93 bits per heavy atom. The zero-order chi connectivity index (χ0) is 11.5. The number of benzene rings is 1. The van der Waals surface area contributed by atoms with E-state index in [9.17, 15) is 4.39 Å². The van der Waals surface area contributed by atoms with Crippen molar-refractivity contribution in [2.45, 2.75) is 20.3 Å². The first kappa shape index (κ1) is 11.5. The van der Waals surface area contributed by atoms with Crippen molar-refractivity contribution in [1.29, 1.82) is 5.26 Å². The van der Waals surface area contributed by atoms with Crippen molar-refractivity contribution in [3.8, 4) is 6.07 Å². The maximum atomic E-state index is 12.7. The highest BCUT2D eigenvalue weighted by molar-refractivity contribution is 5.64. The van der Waals surface area contributed by atoms with Crippen LogP contribution in [0.25, 0.3) is 5.57 Å². The lowest BCUT2D eigenvalue weighted by Crippen LogP contribution is -2.08. The summed E-state index contributed by atoms with van der Waals surface area (Å²) < 4.78 is 12.7. The number of hydrogen-bond acceptors (Lipinski definition) is 1. The van der Waals surface area contributed by atoms with Crippen LogP contribution < -0.4 is 0 Å². The third kappa shape index (κ3) is 3.21. The van der Waals surface area contributed by atoms with Crippen molar-refractivity contribution in [2.75, 3.05) is 0 Å². The highest BCUT2D eigenvalue weighted by Crippen LogP contribution is 2.28. The minimum atomic E-state index is -0.425. The fourth-order valence-electron chi connectivity index (χ4n) is 1.36. The Morgan fingerprint density at radius 1 is 1.40 bits per heavy atom. The lowest BCUT2D eigenvalue weighted by molar-refractivity contribution is 0.513. The molecule has 0 aromatic heterocycles. The average molecular weight is 203 g/mol. The normalized spacial score (nSPS) is 10.8. The molecule has 0 fully saturated rings. The van der Waals surface area contributed by atoms with Gasteiger partial charge in [-0.05, 0) is 43.5 Å². The molecule has 15 heavy (non-hydrogen) atoms. The third-order valence-corrected chi connectivity index (χ3v) is 2.21. The summed E-state index contributed by atoms with van der Waals surface area (Å²) >= 11 is 0. The topological polar surface area (TPSA) is 23.8 Å². The number of nitriles is 1. The summed E-state index contributed by atoms with van der Waals surface area (Å²) in [4.78, 5) is 0. The van der Waals surface area contributed by atoms with Crippen LogP contribution in [0.4, 0.5) is 4.39 Å². The molecule has 1 rings (SSSR count). The third-order valence-electron chi connectivity index (χ3n) is 2.21. The van der Waals surface area contributed by atoms with E-state index in [1.165, 1.54) is 12.1 Å². The molecule has 0 saturated heterocycles. The Labute approximate surface area is 89.9 Å². The van der Waals surface area contributed by atoms with E-state index in [0.717, 1.165) is 11.1 Å². The van der Waals surface area contributed by atoms with Crippen LogP contribution in [0.2, 0.25) is 0 Å². The first-order valence-corrected chi connectivity index (χ1v) is 4.79. The van der Waals surface area contributed by atoms with Gasteiger partial charge in [-0.1, -0.05) is 18.7 Å². The van der Waals surface area contributed by atoms with E-state index in [2.05, 4.69) is 12.6 Å². The summed E-state index contributed by atoms with van der Waals surface area (Å²) in [6.45, 7) is 7.64. The smallest absolute Gasteiger partial charge is 0.123 e. The zero-order valence-electron chi connectivity index (χ0n) is 9.05. The van der Waals surface area contributed by atoms with Crippen LogP contribution in [0.15, 0.2) is 30.8 Å². The second kappa shape index (κ2) is 4.27. The minimum absolute atomic E-state index is 0.258. The summed E-state index contributed by atoms with van der Waals surface area (Å²) in [5, 5.41) is 8.88. The van der Waals surface area contributed by atoms with Gasteiger partial charge >= 0.3 is 0 Å². The number of allylic oxidation sites excluding steroid dienone is 1. The molecule has 0 heterocycles. The minimum Gasteiger partial charge on any atom is -0.207 e. The molecule has 1 aromatic carbocycles. The van der Waals surface area contributed by atoms with E-state index in [1.54, 1.807) is 12.1 Å². The monoisotopic (exact) mass is 203 g/mol. The van der Waals surface area contributed by atoms with Gasteiger partial charge in [0.1, 0.15) is 5.82 Å². The Morgan fingerprint density at radius 3 is 2.40 bits per heavy atom. The van der Waals surface area contributed by atoms with Crippen molar-refractivity contribution in [1.82, 2.24) is 0 Å². The summed E-state index contributed by atoms with van der Waals surface area (Å²) in [7, 11) is 0. The van der Waals surface area contributed by atoms with E-state index in [0.29, 0.717) is 6.42 Å². The number of nitrogens with zero attached hydrogens (tertiary/aromatic N) is 1. The molecule has 0 spiro atoms. The largest absolute Gasteiger partial charge is 0.207 e. The molecule has 78 valence electrons. The van der Waals surface area contributed by atoms with Gasteiger partial charge in [0.15, 0.2) is 0 Å². The van der Waals surface area contributed by atoms with Gasteiger partial charge in [-0.15, -0.1) is 0 Å². The van der Waals surface area contributed by atoms with Crippen LogP contribution in [0.1, 0.15) is 25.8 Å². The molecule has 0 atom stereocenters. The number of hydrogen-bond donors (Lipinski definition) is 0. The maximum absolute atomic E-state index is 12.7. The standard InChI is InChI=1S/C13H14FN/c1-10(8-13(2,3)9-15)11-4-6-12(14)7-5-11/h4-7H,1,8H2,2-3H3. The van der Waals surface area contributed by atoms with Crippen molar-refractivity contribution in [3.63, 3.8) is 0 Å². The first-order valence-electron chi connectivity index (χ1n) is 4.79. The molecule has 0 aliphatic rings. The van der Waals surface area contributed by atoms with Crippen LogP contribution in [0.5, 0.6) is 0 Å². The summed E-state index contributed by atoms with van der Waals surface area (Å²) in [6.07, 6.45) is 0.592. The van der Waals surface area contributed by atoms with Gasteiger partial charge < -0.3 is 0 Å². The fraction of sp³-hybridized carbons (Fsp3) is 0.308. The van der Waals surface area contributed by atoms with Crippen molar-refractivity contribution < 1.29 is 4.39 Å². The Balaban J connectivity index is 2.79. The molecule has 0 unspecified atom stereocenters. The lowest BCUT2D eigenvalue weighted by atomic mass is 9.85. The van der Waals surface area contributed by atoms with E-state index >= 15 is 0 Å². The van der Waals surface area contributed by atoms with E-state index < -0.39 is 5.41 Å². The predicted octanol–water partition coefficient (Wildman–Crippen LogP) is 3.78. The van der Waals surface area contributed by atoms with Crippen molar-refractivity contribution >= 4 is 5.57 Å². The summed E-state index contributed by atoms with van der Waals surface area (Å²) in [5.41, 5.74) is 1.33. The van der Waals surface area contributed by atoms with Gasteiger partial charge in [-0.3, -0.25) is 0 Å². The van der Waals surface area contributed by atoms with E-state index in [4.69, 9.17) is 5.26 Å². The van der Waals surface area contributed by atoms with E-state index in [-0.39, 0.29) is 5.82 Å². The average Bonchev–Trinajstić information content (AvgIpc) is 2.18. The van der Waals surface area contributed by atoms with Gasteiger partial charge in [0.25, 0.3) is 0 Å². The maximum Gasteiger partial charge on any atom is 0.123 e. The van der Waals surface area contributed by atoms with Crippen LogP contribution in [0.3, 0.4) is 0 Å². The second-order valence-electron chi connectivity index (χ2n) is 4.28. The van der Waals surface area contributed by atoms with Crippen molar-refractivity contribution in [3.05, 3.63) is 42.2 Å². The number of halogens is 1. The molecule has 1 aromatic rings. The van der Waals surface area contributed by atoms with Gasteiger partial charge in [0.2, 0.25) is 0 Å². The Kier molecular flexibility index (Phi) is 3.26. The molecular formula is C13H14FN. The number of rotatable bonds is 3. The molecule has 0 saturated carbocycles. The van der Waals surface area contributed by atoms with Crippen LogP contribution >= 0.6 is 0 Å².